The molecular weight excluding hydrogens is 544 g/mol. The third-order valence-electron chi connectivity index (χ3n) is 8.07. The molecule has 0 fully saturated rings. The molecular formula is C43H34N2. The van der Waals surface area contributed by atoms with E-state index >= 15 is 0 Å². The van der Waals surface area contributed by atoms with Crippen molar-refractivity contribution in [2.75, 3.05) is 9.80 Å². The zero-order valence-corrected chi connectivity index (χ0v) is 25.3. The van der Waals surface area contributed by atoms with Crippen LogP contribution < -0.4 is 9.80 Å². The maximum absolute atomic E-state index is 2.35. The van der Waals surface area contributed by atoms with Gasteiger partial charge >= 0.3 is 0 Å². The molecule has 0 aliphatic carbocycles. The highest BCUT2D eigenvalue weighted by molar-refractivity contribution is 5.99. The summed E-state index contributed by atoms with van der Waals surface area (Å²) in [6, 6.07) is 62.4. The Morgan fingerprint density at radius 3 is 1.44 bits per heavy atom. The number of rotatable bonds is 8. The van der Waals surface area contributed by atoms with Crippen LogP contribution in [0.15, 0.2) is 176 Å². The highest BCUT2D eigenvalue weighted by Crippen LogP contribution is 2.39. The monoisotopic (exact) mass is 578 g/mol. The van der Waals surface area contributed by atoms with E-state index in [0.717, 1.165) is 39.6 Å². The van der Waals surface area contributed by atoms with E-state index in [-0.39, 0.29) is 0 Å². The fourth-order valence-corrected chi connectivity index (χ4v) is 5.86. The summed E-state index contributed by atoms with van der Waals surface area (Å²) in [4.78, 5) is 4.63. The molecule has 2 nitrogen and oxygen atoms in total. The Morgan fingerprint density at radius 2 is 0.844 bits per heavy atom. The molecule has 0 atom stereocenters. The molecule has 0 saturated carbocycles. The minimum atomic E-state index is 1.12. The molecule has 0 aromatic heterocycles. The van der Waals surface area contributed by atoms with Gasteiger partial charge in [-0.25, -0.2) is 0 Å². The smallest absolute Gasteiger partial charge is 0.0540 e. The average molecular weight is 579 g/mol. The molecule has 45 heavy (non-hydrogen) atoms. The first kappa shape index (κ1) is 27.9. The van der Waals surface area contributed by atoms with Gasteiger partial charge in [0.2, 0.25) is 0 Å². The summed E-state index contributed by atoms with van der Waals surface area (Å²) < 4.78 is 0. The lowest BCUT2D eigenvalue weighted by atomic mass is 10.1. The molecule has 0 aliphatic heterocycles. The van der Waals surface area contributed by atoms with Crippen LogP contribution in [-0.2, 0) is 0 Å². The first-order valence-electron chi connectivity index (χ1n) is 15.4. The third kappa shape index (κ3) is 6.13. The first-order valence-corrected chi connectivity index (χ1v) is 15.4. The highest BCUT2D eigenvalue weighted by atomic mass is 15.1. The fraction of sp³-hybridized carbons (Fsp3) is 0.0233. The van der Waals surface area contributed by atoms with E-state index in [4.69, 9.17) is 0 Å². The van der Waals surface area contributed by atoms with Crippen molar-refractivity contribution in [3.63, 3.8) is 0 Å². The van der Waals surface area contributed by atoms with Crippen LogP contribution in [0, 0.1) is 6.92 Å². The number of nitrogens with zero attached hydrogens (tertiary/aromatic N) is 2. The van der Waals surface area contributed by atoms with E-state index in [1.54, 1.807) is 0 Å². The Morgan fingerprint density at radius 1 is 0.378 bits per heavy atom. The quantitative estimate of drug-likeness (QED) is 0.166. The van der Waals surface area contributed by atoms with Gasteiger partial charge < -0.3 is 9.80 Å². The van der Waals surface area contributed by atoms with Crippen molar-refractivity contribution in [3.05, 3.63) is 193 Å². The van der Waals surface area contributed by atoms with Crippen molar-refractivity contribution in [2.45, 2.75) is 6.92 Å². The Bertz CT molecular complexity index is 2000. The van der Waals surface area contributed by atoms with Crippen molar-refractivity contribution in [1.29, 1.82) is 0 Å². The normalized spacial score (nSPS) is 11.1. The van der Waals surface area contributed by atoms with Gasteiger partial charge in [-0.1, -0.05) is 121 Å². The summed E-state index contributed by atoms with van der Waals surface area (Å²) in [7, 11) is 0. The molecule has 2 heteroatoms. The van der Waals surface area contributed by atoms with Crippen molar-refractivity contribution >= 4 is 57.0 Å². The molecule has 7 rings (SSSR count). The van der Waals surface area contributed by atoms with E-state index in [2.05, 4.69) is 205 Å². The van der Waals surface area contributed by atoms with Crippen LogP contribution in [0.2, 0.25) is 0 Å². The standard InChI is InChI=1S/C43H34N2/c1-33-12-10-19-41(32-33)45(43-21-11-14-36-13-8-9-20-42(36)43)40-30-26-35(27-31-40)23-22-34-24-28-39(29-25-34)44(37-15-4-2-5-16-37)38-17-6-3-7-18-38/h2-32H,1H3/b23-22+. The number of hydrogen-bond donors (Lipinski definition) is 0. The van der Waals surface area contributed by atoms with E-state index in [1.165, 1.54) is 22.0 Å². The highest BCUT2D eigenvalue weighted by Gasteiger charge is 2.15. The van der Waals surface area contributed by atoms with Crippen molar-refractivity contribution in [2.24, 2.45) is 0 Å². The minimum Gasteiger partial charge on any atom is -0.311 e. The van der Waals surface area contributed by atoms with Gasteiger partial charge in [0.05, 0.1) is 5.69 Å². The van der Waals surface area contributed by atoms with Crippen LogP contribution in [0.3, 0.4) is 0 Å². The third-order valence-corrected chi connectivity index (χ3v) is 8.07. The number of para-hydroxylation sites is 2. The zero-order valence-electron chi connectivity index (χ0n) is 25.3. The Hall–Kier alpha value is -5.86. The molecule has 0 saturated heterocycles. The zero-order chi connectivity index (χ0) is 30.4. The Kier molecular flexibility index (Phi) is 7.94. The average Bonchev–Trinajstić information content (AvgIpc) is 3.10. The van der Waals surface area contributed by atoms with Crippen LogP contribution in [0.25, 0.3) is 22.9 Å². The van der Waals surface area contributed by atoms with Gasteiger partial charge in [0.1, 0.15) is 0 Å². The molecule has 0 amide bonds. The molecule has 0 spiro atoms. The topological polar surface area (TPSA) is 6.48 Å². The summed E-state index contributed by atoms with van der Waals surface area (Å²) in [6.07, 6.45) is 4.36. The molecule has 0 N–H and O–H groups in total. The molecule has 0 aliphatic rings. The fourth-order valence-electron chi connectivity index (χ4n) is 5.86. The number of fused-ring (bicyclic) bond motifs is 1. The minimum absolute atomic E-state index is 1.12. The summed E-state index contributed by atoms with van der Waals surface area (Å²) in [5.41, 5.74) is 10.4. The SMILES string of the molecule is Cc1cccc(N(c2ccc(/C=C/c3ccc(N(c4ccccc4)c4ccccc4)cc3)cc2)c2cccc3ccccc23)c1. The van der Waals surface area contributed by atoms with Crippen molar-refractivity contribution in [1.82, 2.24) is 0 Å². The van der Waals surface area contributed by atoms with Gasteiger partial charge in [-0.05, 0) is 95.7 Å². The van der Waals surface area contributed by atoms with Gasteiger partial charge in [-0.2, -0.15) is 0 Å². The van der Waals surface area contributed by atoms with Crippen LogP contribution in [-0.4, -0.2) is 0 Å². The van der Waals surface area contributed by atoms with Gasteiger partial charge in [-0.3, -0.25) is 0 Å². The number of benzene rings is 7. The molecule has 0 radical (unpaired) electrons. The Balaban J connectivity index is 1.16. The first-order chi connectivity index (χ1) is 22.2. The van der Waals surface area contributed by atoms with Gasteiger partial charge in [-0.15, -0.1) is 0 Å². The van der Waals surface area contributed by atoms with Gasteiger partial charge in [0, 0.05) is 33.8 Å². The van der Waals surface area contributed by atoms with E-state index in [9.17, 15) is 0 Å². The summed E-state index contributed by atoms with van der Waals surface area (Å²) in [5, 5.41) is 2.46. The lowest BCUT2D eigenvalue weighted by molar-refractivity contribution is 1.28. The molecule has 0 unspecified atom stereocenters. The molecule has 0 heterocycles. The lowest BCUT2D eigenvalue weighted by Crippen LogP contribution is -2.10. The molecule has 0 bridgehead atoms. The van der Waals surface area contributed by atoms with Gasteiger partial charge in [0.15, 0.2) is 0 Å². The predicted molar refractivity (Wildman–Crippen MR) is 193 cm³/mol. The summed E-state index contributed by atoms with van der Waals surface area (Å²) in [5.74, 6) is 0. The van der Waals surface area contributed by atoms with E-state index in [1.807, 2.05) is 0 Å². The summed E-state index contributed by atoms with van der Waals surface area (Å²) >= 11 is 0. The Labute approximate surface area is 265 Å². The van der Waals surface area contributed by atoms with Crippen molar-refractivity contribution < 1.29 is 0 Å². The second-order valence-corrected chi connectivity index (χ2v) is 11.2. The number of hydrogen-bond acceptors (Lipinski definition) is 2. The predicted octanol–water partition coefficient (Wildman–Crippen LogP) is 12.3. The lowest BCUT2D eigenvalue weighted by Gasteiger charge is -2.27. The van der Waals surface area contributed by atoms with Crippen LogP contribution in [0.1, 0.15) is 16.7 Å². The summed E-state index contributed by atoms with van der Waals surface area (Å²) in [6.45, 7) is 2.14. The van der Waals surface area contributed by atoms with E-state index < -0.39 is 0 Å². The van der Waals surface area contributed by atoms with Crippen molar-refractivity contribution in [3.8, 4) is 0 Å². The molecule has 7 aromatic rings. The molecule has 216 valence electrons. The number of anilines is 6. The van der Waals surface area contributed by atoms with Crippen LogP contribution in [0.4, 0.5) is 34.1 Å². The molecule has 7 aromatic carbocycles. The maximum Gasteiger partial charge on any atom is 0.0540 e. The van der Waals surface area contributed by atoms with E-state index in [0.29, 0.717) is 0 Å². The largest absolute Gasteiger partial charge is 0.311 e. The second kappa shape index (κ2) is 12.8. The van der Waals surface area contributed by atoms with Crippen LogP contribution in [0.5, 0.6) is 0 Å². The van der Waals surface area contributed by atoms with Crippen LogP contribution >= 0.6 is 0 Å². The number of aryl methyl sites for hydroxylation is 1. The second-order valence-electron chi connectivity index (χ2n) is 11.2. The van der Waals surface area contributed by atoms with Gasteiger partial charge in [0.25, 0.3) is 0 Å². The maximum atomic E-state index is 2.35.